The lowest BCUT2D eigenvalue weighted by Gasteiger charge is -2.60. The molecule has 1 heterocycles. The molecule has 1 aromatic rings. The summed E-state index contributed by atoms with van der Waals surface area (Å²) < 4.78 is 10.6. The Morgan fingerprint density at radius 1 is 1.06 bits per heavy atom. The molecule has 2 atom stereocenters. The van der Waals surface area contributed by atoms with Crippen molar-refractivity contribution in [3.8, 4) is 0 Å². The molecule has 0 aromatic carbocycles. The molecule has 4 saturated carbocycles. The first-order chi connectivity index (χ1) is 15.1. The number of rotatable bonds is 7. The Bertz CT molecular complexity index is 963. The van der Waals surface area contributed by atoms with Crippen molar-refractivity contribution in [2.45, 2.75) is 71.8 Å². The van der Waals surface area contributed by atoms with Gasteiger partial charge in [-0.05, 0) is 76.7 Å². The summed E-state index contributed by atoms with van der Waals surface area (Å²) in [7, 11) is 0. The number of nitrogens with one attached hydrogen (secondary N) is 2. The highest BCUT2D eigenvalue weighted by molar-refractivity contribution is 6.02. The molecule has 1 amide bonds. The first-order valence-electron chi connectivity index (χ1n) is 11.4. The molecule has 0 radical (unpaired) electrons. The van der Waals surface area contributed by atoms with Crippen LogP contribution in [0.4, 0.5) is 0 Å². The lowest BCUT2D eigenvalue weighted by atomic mass is 9.47. The minimum Gasteiger partial charge on any atom is -0.462 e. The van der Waals surface area contributed by atoms with E-state index in [0.717, 1.165) is 32.1 Å². The number of ether oxygens (including phenoxy) is 2. The lowest BCUT2D eigenvalue weighted by Crippen LogP contribution is -2.64. The molecule has 8 nitrogen and oxygen atoms in total. The van der Waals surface area contributed by atoms with Crippen LogP contribution in [0.5, 0.6) is 0 Å². The molecular formula is C24H32N2O6. The van der Waals surface area contributed by atoms with Gasteiger partial charge in [0.25, 0.3) is 0 Å². The van der Waals surface area contributed by atoms with E-state index in [2.05, 4.69) is 10.3 Å². The Morgan fingerprint density at radius 2 is 1.72 bits per heavy atom. The van der Waals surface area contributed by atoms with E-state index in [1.165, 1.54) is 6.92 Å². The van der Waals surface area contributed by atoms with Gasteiger partial charge in [0.15, 0.2) is 6.61 Å². The molecule has 0 aliphatic heterocycles. The number of Topliss-reactive ketones (excluding diaryl/α,β-unsaturated/α-hetero) is 1. The number of carbonyl (C=O) groups is 4. The van der Waals surface area contributed by atoms with Crippen LogP contribution in [0.15, 0.2) is 0 Å². The van der Waals surface area contributed by atoms with Gasteiger partial charge in [0.1, 0.15) is 0 Å². The number of aromatic nitrogens is 1. The van der Waals surface area contributed by atoms with Crippen LogP contribution >= 0.6 is 0 Å². The van der Waals surface area contributed by atoms with Crippen LogP contribution in [0.2, 0.25) is 0 Å². The predicted molar refractivity (Wildman–Crippen MR) is 115 cm³/mol. The van der Waals surface area contributed by atoms with Gasteiger partial charge in [-0.3, -0.25) is 14.4 Å². The van der Waals surface area contributed by atoms with E-state index >= 15 is 0 Å². The van der Waals surface area contributed by atoms with Crippen molar-refractivity contribution in [3.63, 3.8) is 0 Å². The Kier molecular flexibility index (Phi) is 5.67. The van der Waals surface area contributed by atoms with Gasteiger partial charge in [-0.25, -0.2) is 4.79 Å². The third kappa shape index (κ3) is 3.84. The summed E-state index contributed by atoms with van der Waals surface area (Å²) in [6, 6.07) is 0. The number of aryl methyl sites for hydroxylation is 1. The monoisotopic (exact) mass is 444 g/mol. The number of amides is 1. The second-order valence-electron chi connectivity index (χ2n) is 10.0. The normalized spacial score (nSPS) is 30.1. The first-order valence-corrected chi connectivity index (χ1v) is 11.4. The Balaban J connectivity index is 1.46. The molecule has 5 rings (SSSR count). The maximum absolute atomic E-state index is 13.2. The summed E-state index contributed by atoms with van der Waals surface area (Å²) in [5.74, 6) is -0.483. The topological polar surface area (TPSA) is 115 Å². The third-order valence-electron chi connectivity index (χ3n) is 7.47. The van der Waals surface area contributed by atoms with E-state index in [4.69, 9.17) is 9.47 Å². The average molecular weight is 445 g/mol. The van der Waals surface area contributed by atoms with E-state index < -0.39 is 11.4 Å². The maximum atomic E-state index is 13.2. The average Bonchev–Trinajstić information content (AvgIpc) is 2.98. The van der Waals surface area contributed by atoms with Crippen LogP contribution in [0.25, 0.3) is 0 Å². The summed E-state index contributed by atoms with van der Waals surface area (Å²) in [5.41, 5.74) is 0.693. The summed E-state index contributed by atoms with van der Waals surface area (Å²) >= 11 is 0. The molecule has 174 valence electrons. The van der Waals surface area contributed by atoms with Gasteiger partial charge < -0.3 is 19.8 Å². The molecular weight excluding hydrogens is 412 g/mol. The second kappa shape index (κ2) is 8.05. The molecule has 4 bridgehead atoms. The largest absolute Gasteiger partial charge is 0.462 e. The van der Waals surface area contributed by atoms with Crippen molar-refractivity contribution in [2.24, 2.45) is 17.3 Å². The van der Waals surface area contributed by atoms with Crippen LogP contribution in [-0.2, 0) is 19.1 Å². The minimum atomic E-state index is -0.635. The SMILES string of the molecule is CCOC(=O)c1c(C)[nH]c(C(=O)COC(=O)C23C[C@@H]4C[C@H](CC(NC(C)=O)(C4)C2)C3)c1C. The zero-order valence-corrected chi connectivity index (χ0v) is 19.3. The predicted octanol–water partition coefficient (Wildman–Crippen LogP) is 3.01. The molecule has 4 fully saturated rings. The molecule has 0 unspecified atom stereocenters. The van der Waals surface area contributed by atoms with Crippen LogP contribution in [0.1, 0.15) is 84.5 Å². The van der Waals surface area contributed by atoms with E-state index in [-0.39, 0.29) is 42.1 Å². The van der Waals surface area contributed by atoms with Crippen LogP contribution in [0, 0.1) is 31.1 Å². The zero-order chi connectivity index (χ0) is 23.3. The quantitative estimate of drug-likeness (QED) is 0.494. The lowest BCUT2D eigenvalue weighted by molar-refractivity contribution is -0.174. The Morgan fingerprint density at radius 3 is 2.31 bits per heavy atom. The molecule has 4 aliphatic rings. The minimum absolute atomic E-state index is 0.0689. The zero-order valence-electron chi connectivity index (χ0n) is 19.3. The summed E-state index contributed by atoms with van der Waals surface area (Å²) in [5, 5.41) is 3.13. The number of hydrogen-bond donors (Lipinski definition) is 2. The van der Waals surface area contributed by atoms with Crippen molar-refractivity contribution < 1.29 is 28.7 Å². The fraction of sp³-hybridized carbons (Fsp3) is 0.667. The maximum Gasteiger partial charge on any atom is 0.340 e. The van der Waals surface area contributed by atoms with Gasteiger partial charge in [-0.2, -0.15) is 0 Å². The molecule has 32 heavy (non-hydrogen) atoms. The highest BCUT2D eigenvalue weighted by atomic mass is 16.5. The van der Waals surface area contributed by atoms with Crippen molar-refractivity contribution in [3.05, 3.63) is 22.5 Å². The van der Waals surface area contributed by atoms with Gasteiger partial charge in [-0.1, -0.05) is 0 Å². The second-order valence-corrected chi connectivity index (χ2v) is 10.0. The van der Waals surface area contributed by atoms with Gasteiger partial charge in [-0.15, -0.1) is 0 Å². The summed E-state index contributed by atoms with van der Waals surface area (Å²) in [4.78, 5) is 53.0. The number of carbonyl (C=O) groups excluding carboxylic acids is 4. The molecule has 0 saturated heterocycles. The number of ketones is 1. The van der Waals surface area contributed by atoms with Crippen molar-refractivity contribution in [2.75, 3.05) is 13.2 Å². The van der Waals surface area contributed by atoms with Crippen molar-refractivity contribution >= 4 is 23.6 Å². The molecule has 2 N–H and O–H groups in total. The summed E-state index contributed by atoms with van der Waals surface area (Å²) in [6.45, 7) is 6.49. The van der Waals surface area contributed by atoms with E-state index in [0.29, 0.717) is 35.1 Å². The van der Waals surface area contributed by atoms with Gasteiger partial charge in [0.05, 0.1) is 23.3 Å². The Labute approximate surface area is 187 Å². The number of H-pyrrole nitrogens is 1. The van der Waals surface area contributed by atoms with Crippen LogP contribution in [0.3, 0.4) is 0 Å². The van der Waals surface area contributed by atoms with Crippen molar-refractivity contribution in [1.82, 2.24) is 10.3 Å². The molecule has 0 spiro atoms. The first kappa shape index (κ1) is 22.6. The van der Waals surface area contributed by atoms with E-state index in [1.54, 1.807) is 20.8 Å². The standard InChI is InChI=1S/C24H32N2O6/c1-5-31-21(29)19-13(2)20(25-14(19)3)18(28)11-32-22(30)23-7-16-6-17(8-23)10-24(9-16,12-23)26-15(4)27/h16-17,25H,5-12H2,1-4H3,(H,26,27)/t16-,17-,23?,24?/m0/s1. The highest BCUT2D eigenvalue weighted by Gasteiger charge is 2.61. The molecule has 8 heteroatoms. The highest BCUT2D eigenvalue weighted by Crippen LogP contribution is 2.62. The van der Waals surface area contributed by atoms with Gasteiger partial charge in [0, 0.05) is 18.2 Å². The number of aromatic amines is 1. The Hall–Kier alpha value is -2.64. The smallest absolute Gasteiger partial charge is 0.340 e. The number of hydrogen-bond acceptors (Lipinski definition) is 6. The van der Waals surface area contributed by atoms with Crippen molar-refractivity contribution in [1.29, 1.82) is 0 Å². The van der Waals surface area contributed by atoms with E-state index in [9.17, 15) is 19.2 Å². The number of esters is 2. The van der Waals surface area contributed by atoms with Crippen LogP contribution in [-0.4, -0.2) is 47.4 Å². The van der Waals surface area contributed by atoms with Gasteiger partial charge in [0.2, 0.25) is 11.7 Å². The molecule has 1 aromatic heterocycles. The van der Waals surface area contributed by atoms with Gasteiger partial charge >= 0.3 is 11.9 Å². The fourth-order valence-corrected chi connectivity index (χ4v) is 6.92. The third-order valence-corrected chi connectivity index (χ3v) is 7.47. The van der Waals surface area contributed by atoms with E-state index in [1.807, 2.05) is 0 Å². The molecule has 4 aliphatic carbocycles. The summed E-state index contributed by atoms with van der Waals surface area (Å²) in [6.07, 6.45) is 5.00. The fourth-order valence-electron chi connectivity index (χ4n) is 6.92. The van der Waals surface area contributed by atoms with Crippen LogP contribution < -0.4 is 5.32 Å².